The van der Waals surface area contributed by atoms with Crippen LogP contribution in [0.25, 0.3) is 0 Å². The van der Waals surface area contributed by atoms with E-state index < -0.39 is 0 Å². The van der Waals surface area contributed by atoms with Gasteiger partial charge >= 0.3 is 0 Å². The lowest BCUT2D eigenvalue weighted by Crippen LogP contribution is -2.24. The maximum Gasteiger partial charge on any atom is 0.224 e. The number of halogens is 1. The van der Waals surface area contributed by atoms with Crippen LogP contribution in [-0.2, 0) is 0 Å². The van der Waals surface area contributed by atoms with Crippen molar-refractivity contribution >= 4 is 5.82 Å². The fourth-order valence-corrected chi connectivity index (χ4v) is 1.97. The Labute approximate surface area is 129 Å². The molecule has 0 atom stereocenters. The van der Waals surface area contributed by atoms with Gasteiger partial charge in [0.2, 0.25) is 5.88 Å². The fraction of sp³-hybridized carbons (Fsp3) is 0.176. The van der Waals surface area contributed by atoms with Crippen molar-refractivity contribution in [3.05, 3.63) is 67.3 Å². The van der Waals surface area contributed by atoms with Crippen LogP contribution in [0.3, 0.4) is 0 Å². The maximum absolute atomic E-state index is 13.1. The third-order valence-corrected chi connectivity index (χ3v) is 3.00. The molecular weight excluding hydrogens is 281 g/mol. The Morgan fingerprint density at radius 1 is 1.18 bits per heavy atom. The first-order valence-electron chi connectivity index (χ1n) is 6.87. The van der Waals surface area contributed by atoms with Crippen LogP contribution in [0.2, 0.25) is 0 Å². The maximum atomic E-state index is 13.1. The normalized spacial score (nSPS) is 10.1. The average Bonchev–Trinajstić information content (AvgIpc) is 2.50. The number of hydrogen-bond donors (Lipinski definition) is 0. The molecule has 0 saturated carbocycles. The Bertz CT molecular complexity index is 663. The zero-order chi connectivity index (χ0) is 15.9. The molecule has 0 bridgehead atoms. The Morgan fingerprint density at radius 2 is 1.91 bits per heavy atom. The number of aryl methyl sites for hydroxylation is 1. The van der Waals surface area contributed by atoms with Crippen molar-refractivity contribution in [2.45, 2.75) is 6.92 Å². The summed E-state index contributed by atoms with van der Waals surface area (Å²) in [4.78, 5) is 10.3. The van der Waals surface area contributed by atoms with Crippen LogP contribution >= 0.6 is 0 Å². The second kappa shape index (κ2) is 7.36. The largest absolute Gasteiger partial charge is 0.439 e. The van der Waals surface area contributed by atoms with E-state index in [1.807, 2.05) is 4.90 Å². The minimum atomic E-state index is -0.295. The quantitative estimate of drug-likeness (QED) is 0.727. The lowest BCUT2D eigenvalue weighted by Gasteiger charge is -2.20. The molecule has 5 heteroatoms. The van der Waals surface area contributed by atoms with Gasteiger partial charge in [0.05, 0.1) is 0 Å². The summed E-state index contributed by atoms with van der Waals surface area (Å²) in [5.41, 5.74) is 0.703. The van der Waals surface area contributed by atoms with E-state index in [9.17, 15) is 4.39 Å². The highest BCUT2D eigenvalue weighted by Gasteiger charge is 2.09. The number of anilines is 1. The molecule has 2 rings (SSSR count). The smallest absolute Gasteiger partial charge is 0.224 e. The van der Waals surface area contributed by atoms with Crippen LogP contribution in [0.15, 0.2) is 55.9 Å². The van der Waals surface area contributed by atoms with E-state index in [-0.39, 0.29) is 5.82 Å². The lowest BCUT2D eigenvalue weighted by molar-refractivity contribution is 0.456. The minimum Gasteiger partial charge on any atom is -0.439 e. The predicted octanol–water partition coefficient (Wildman–Crippen LogP) is 3.89. The zero-order valence-corrected chi connectivity index (χ0v) is 12.5. The molecule has 0 N–H and O–H groups in total. The van der Waals surface area contributed by atoms with Gasteiger partial charge in [-0.1, -0.05) is 12.2 Å². The number of rotatable bonds is 7. The van der Waals surface area contributed by atoms with Crippen LogP contribution < -0.4 is 9.64 Å². The second-order valence-corrected chi connectivity index (χ2v) is 4.71. The van der Waals surface area contributed by atoms with Crippen molar-refractivity contribution in [1.29, 1.82) is 0 Å². The molecule has 0 saturated heterocycles. The molecule has 0 aliphatic rings. The number of ether oxygens (including phenoxy) is 1. The molecule has 0 radical (unpaired) electrons. The first kappa shape index (κ1) is 15.7. The topological polar surface area (TPSA) is 38.2 Å². The van der Waals surface area contributed by atoms with Gasteiger partial charge in [0, 0.05) is 19.2 Å². The molecule has 0 spiro atoms. The molecule has 114 valence electrons. The summed E-state index contributed by atoms with van der Waals surface area (Å²) < 4.78 is 18.8. The minimum absolute atomic E-state index is 0.295. The molecule has 0 fully saturated rings. The van der Waals surface area contributed by atoms with Gasteiger partial charge in [-0.05, 0) is 30.7 Å². The number of aromatic nitrogens is 2. The standard InChI is InChI=1S/C17H18FN3O/c1-4-8-21(9-5-2)16-11-17(20-12-19-16)22-15-7-6-14(18)10-13(15)3/h4-7,10-12H,1-2,8-9H2,3H3. The molecule has 2 aromatic rings. The highest BCUT2D eigenvalue weighted by molar-refractivity contribution is 5.44. The monoisotopic (exact) mass is 299 g/mol. The second-order valence-electron chi connectivity index (χ2n) is 4.71. The molecule has 1 heterocycles. The Hall–Kier alpha value is -2.69. The summed E-state index contributed by atoms with van der Waals surface area (Å²) in [7, 11) is 0. The predicted molar refractivity (Wildman–Crippen MR) is 85.9 cm³/mol. The summed E-state index contributed by atoms with van der Waals surface area (Å²) in [6.07, 6.45) is 5.01. The number of benzene rings is 1. The lowest BCUT2D eigenvalue weighted by atomic mass is 10.2. The number of nitrogens with zero attached hydrogens (tertiary/aromatic N) is 3. The highest BCUT2D eigenvalue weighted by atomic mass is 19.1. The third kappa shape index (κ3) is 3.91. The summed E-state index contributed by atoms with van der Waals surface area (Å²) in [6, 6.07) is 6.08. The summed E-state index contributed by atoms with van der Waals surface area (Å²) in [6.45, 7) is 10.5. The third-order valence-electron chi connectivity index (χ3n) is 3.00. The molecule has 1 aromatic heterocycles. The van der Waals surface area contributed by atoms with E-state index in [1.54, 1.807) is 31.2 Å². The SMILES string of the molecule is C=CCN(CC=C)c1cc(Oc2ccc(F)cc2C)ncn1. The van der Waals surface area contributed by atoms with Gasteiger partial charge in [0.25, 0.3) is 0 Å². The van der Waals surface area contributed by atoms with Crippen LogP contribution in [0.5, 0.6) is 11.6 Å². The molecule has 4 nitrogen and oxygen atoms in total. The van der Waals surface area contributed by atoms with Crippen molar-refractivity contribution < 1.29 is 9.13 Å². The summed E-state index contributed by atoms with van der Waals surface area (Å²) >= 11 is 0. The molecule has 22 heavy (non-hydrogen) atoms. The highest BCUT2D eigenvalue weighted by Crippen LogP contribution is 2.25. The van der Waals surface area contributed by atoms with E-state index in [1.165, 1.54) is 18.5 Å². The fourth-order valence-electron chi connectivity index (χ4n) is 1.97. The van der Waals surface area contributed by atoms with Crippen LogP contribution in [0, 0.1) is 12.7 Å². The van der Waals surface area contributed by atoms with E-state index in [0.717, 1.165) is 0 Å². The van der Waals surface area contributed by atoms with Gasteiger partial charge in [0.1, 0.15) is 23.7 Å². The summed E-state index contributed by atoms with van der Waals surface area (Å²) in [5.74, 6) is 1.38. The Kier molecular flexibility index (Phi) is 5.25. The van der Waals surface area contributed by atoms with Crippen molar-refractivity contribution in [3.8, 4) is 11.6 Å². The molecule has 0 aliphatic carbocycles. The van der Waals surface area contributed by atoms with Crippen molar-refractivity contribution in [2.75, 3.05) is 18.0 Å². The first-order chi connectivity index (χ1) is 10.6. The Balaban J connectivity index is 2.23. The van der Waals surface area contributed by atoms with Crippen LogP contribution in [-0.4, -0.2) is 23.1 Å². The van der Waals surface area contributed by atoms with Crippen molar-refractivity contribution in [3.63, 3.8) is 0 Å². The van der Waals surface area contributed by atoms with Gasteiger partial charge in [-0.2, -0.15) is 0 Å². The van der Waals surface area contributed by atoms with Gasteiger partial charge in [-0.15, -0.1) is 13.2 Å². The van der Waals surface area contributed by atoms with Gasteiger partial charge < -0.3 is 9.64 Å². The molecule has 1 aromatic carbocycles. The van der Waals surface area contributed by atoms with Gasteiger partial charge in [0.15, 0.2) is 0 Å². The van der Waals surface area contributed by atoms with Gasteiger partial charge in [-0.25, -0.2) is 14.4 Å². The van der Waals surface area contributed by atoms with E-state index in [4.69, 9.17) is 4.74 Å². The Morgan fingerprint density at radius 3 is 2.55 bits per heavy atom. The number of hydrogen-bond acceptors (Lipinski definition) is 4. The molecule has 0 aliphatic heterocycles. The van der Waals surface area contributed by atoms with E-state index >= 15 is 0 Å². The summed E-state index contributed by atoms with van der Waals surface area (Å²) in [5, 5.41) is 0. The van der Waals surface area contributed by atoms with Gasteiger partial charge in [-0.3, -0.25) is 0 Å². The van der Waals surface area contributed by atoms with E-state index in [2.05, 4.69) is 23.1 Å². The van der Waals surface area contributed by atoms with Crippen LogP contribution in [0.1, 0.15) is 5.56 Å². The molecule has 0 unspecified atom stereocenters. The van der Waals surface area contributed by atoms with Crippen molar-refractivity contribution in [1.82, 2.24) is 9.97 Å². The first-order valence-corrected chi connectivity index (χ1v) is 6.87. The van der Waals surface area contributed by atoms with E-state index in [0.29, 0.717) is 36.1 Å². The zero-order valence-electron chi connectivity index (χ0n) is 12.5. The molecule has 0 amide bonds. The average molecular weight is 299 g/mol. The van der Waals surface area contributed by atoms with Crippen LogP contribution in [0.4, 0.5) is 10.2 Å². The van der Waals surface area contributed by atoms with Crippen molar-refractivity contribution in [2.24, 2.45) is 0 Å². The molecular formula is C17H18FN3O.